The maximum absolute atomic E-state index is 13.8. The lowest BCUT2D eigenvalue weighted by Crippen LogP contribution is -2.50. The molecule has 1 aromatic heterocycles. The molecule has 11 heteroatoms. The van der Waals surface area contributed by atoms with Crippen molar-refractivity contribution in [2.45, 2.75) is 31.6 Å². The minimum atomic E-state index is -3.86. The monoisotopic (exact) mass is 488 g/mol. The third kappa shape index (κ3) is 4.95. The lowest BCUT2D eigenvalue weighted by atomic mass is 10.1. The maximum Gasteiger partial charge on any atom is 0.246 e. The van der Waals surface area contributed by atoms with Crippen LogP contribution < -0.4 is 0 Å². The number of aryl methyl sites for hydroxylation is 3. The highest BCUT2D eigenvalue weighted by Gasteiger charge is 2.32. The van der Waals surface area contributed by atoms with Crippen LogP contribution in [0.5, 0.6) is 5.75 Å². The Morgan fingerprint density at radius 3 is 2.56 bits per heavy atom. The first-order valence-electron chi connectivity index (χ1n) is 10.8. The largest absolute Gasteiger partial charge is 0.507 e. The second-order valence-electron chi connectivity index (χ2n) is 8.23. The molecule has 1 N–H and O–H groups in total. The molecule has 0 aliphatic carbocycles. The summed E-state index contributed by atoms with van der Waals surface area (Å²) in [6.45, 7) is 4.15. The molecule has 2 aromatic carbocycles. The number of phenols is 1. The second kappa shape index (κ2) is 9.51. The van der Waals surface area contributed by atoms with Gasteiger partial charge in [-0.2, -0.15) is 9.29 Å². The predicted molar refractivity (Wildman–Crippen MR) is 121 cm³/mol. The summed E-state index contributed by atoms with van der Waals surface area (Å²) in [7, 11) is -3.86. The molecule has 0 radical (unpaired) electrons. The van der Waals surface area contributed by atoms with Gasteiger partial charge in [0.25, 0.3) is 0 Å². The highest BCUT2D eigenvalue weighted by Crippen LogP contribution is 2.27. The molecule has 0 saturated carbocycles. The molecule has 0 spiro atoms. The van der Waals surface area contributed by atoms with Crippen molar-refractivity contribution >= 4 is 15.9 Å². The fraction of sp³-hybridized carbons (Fsp3) is 0.348. The van der Waals surface area contributed by atoms with Gasteiger partial charge in [0.2, 0.25) is 27.6 Å². The number of carbonyl (C=O) groups is 1. The summed E-state index contributed by atoms with van der Waals surface area (Å²) in [5.41, 5.74) is 1.73. The summed E-state index contributed by atoms with van der Waals surface area (Å²) >= 11 is 0. The number of amides is 1. The van der Waals surface area contributed by atoms with Crippen molar-refractivity contribution in [3.63, 3.8) is 0 Å². The number of nitrogens with zero attached hydrogens (tertiary/aromatic N) is 4. The van der Waals surface area contributed by atoms with Gasteiger partial charge < -0.3 is 14.5 Å². The van der Waals surface area contributed by atoms with Crippen LogP contribution >= 0.6 is 0 Å². The van der Waals surface area contributed by atoms with Crippen LogP contribution in [0.3, 0.4) is 0 Å². The molecular formula is C23H25FN4O5S. The highest BCUT2D eigenvalue weighted by molar-refractivity contribution is 7.89. The van der Waals surface area contributed by atoms with Crippen LogP contribution in [0, 0.1) is 19.7 Å². The normalized spacial score (nSPS) is 15.0. The van der Waals surface area contributed by atoms with Gasteiger partial charge in [0, 0.05) is 44.6 Å². The van der Waals surface area contributed by atoms with E-state index >= 15 is 0 Å². The molecule has 34 heavy (non-hydrogen) atoms. The van der Waals surface area contributed by atoms with E-state index < -0.39 is 10.0 Å². The van der Waals surface area contributed by atoms with Crippen molar-refractivity contribution in [2.75, 3.05) is 26.2 Å². The van der Waals surface area contributed by atoms with Crippen molar-refractivity contribution in [3.8, 4) is 17.1 Å². The van der Waals surface area contributed by atoms with Gasteiger partial charge in [-0.3, -0.25) is 4.79 Å². The topological polar surface area (TPSA) is 117 Å². The maximum atomic E-state index is 13.8. The average molecular weight is 489 g/mol. The molecule has 2 heterocycles. The summed E-state index contributed by atoms with van der Waals surface area (Å²) < 4.78 is 46.1. The number of halogens is 1. The van der Waals surface area contributed by atoms with Crippen molar-refractivity contribution in [1.29, 1.82) is 0 Å². The molecule has 1 fully saturated rings. The Balaban J connectivity index is 1.32. The van der Waals surface area contributed by atoms with Crippen LogP contribution in [0.1, 0.15) is 23.4 Å². The van der Waals surface area contributed by atoms with E-state index in [-0.39, 0.29) is 73.1 Å². The average Bonchev–Trinajstić information content (AvgIpc) is 3.30. The van der Waals surface area contributed by atoms with Crippen molar-refractivity contribution < 1.29 is 27.2 Å². The van der Waals surface area contributed by atoms with Crippen LogP contribution in [0.2, 0.25) is 0 Å². The Morgan fingerprint density at radius 1 is 1.12 bits per heavy atom. The fourth-order valence-corrected chi connectivity index (χ4v) is 5.31. The van der Waals surface area contributed by atoms with E-state index in [1.807, 2.05) is 0 Å². The van der Waals surface area contributed by atoms with Gasteiger partial charge in [0.1, 0.15) is 16.5 Å². The summed E-state index contributed by atoms with van der Waals surface area (Å²) in [4.78, 5) is 18.3. The van der Waals surface area contributed by atoms with E-state index in [4.69, 9.17) is 4.52 Å². The summed E-state index contributed by atoms with van der Waals surface area (Å²) in [6.07, 6.45) is 0.338. The molecule has 0 atom stereocenters. The lowest BCUT2D eigenvalue weighted by molar-refractivity contribution is -0.132. The molecule has 1 aliphatic heterocycles. The lowest BCUT2D eigenvalue weighted by Gasteiger charge is -2.34. The number of piperazine rings is 1. The second-order valence-corrected chi connectivity index (χ2v) is 10.1. The first-order chi connectivity index (χ1) is 16.1. The predicted octanol–water partition coefficient (Wildman–Crippen LogP) is 2.66. The Kier molecular flexibility index (Phi) is 6.67. The number of sulfonamides is 1. The number of rotatable bonds is 6. The van der Waals surface area contributed by atoms with Crippen LogP contribution in [-0.4, -0.2) is 65.0 Å². The fourth-order valence-electron chi connectivity index (χ4n) is 3.72. The number of hydrogen-bond donors (Lipinski definition) is 1. The van der Waals surface area contributed by atoms with E-state index in [2.05, 4.69) is 10.1 Å². The third-order valence-electron chi connectivity index (χ3n) is 5.78. The smallest absolute Gasteiger partial charge is 0.246 e. The Hall–Kier alpha value is -3.31. The SMILES string of the molecule is Cc1ccc(O)c(S(=O)(=O)N2CCN(C(=O)CCc3nc(-c4ccc(C)c(F)c4)no3)CC2)c1. The zero-order chi connectivity index (χ0) is 24.5. The molecule has 1 saturated heterocycles. The zero-order valence-electron chi connectivity index (χ0n) is 18.9. The van der Waals surface area contributed by atoms with E-state index in [0.717, 1.165) is 5.56 Å². The van der Waals surface area contributed by atoms with Crippen molar-refractivity contribution in [2.24, 2.45) is 0 Å². The Morgan fingerprint density at radius 2 is 1.85 bits per heavy atom. The molecule has 0 bridgehead atoms. The van der Waals surface area contributed by atoms with Crippen LogP contribution in [0.25, 0.3) is 11.4 Å². The molecule has 4 rings (SSSR count). The first-order valence-corrected chi connectivity index (χ1v) is 12.3. The zero-order valence-corrected chi connectivity index (χ0v) is 19.7. The number of carbonyl (C=O) groups excluding carboxylic acids is 1. The van der Waals surface area contributed by atoms with Crippen LogP contribution in [0.15, 0.2) is 45.8 Å². The molecule has 3 aromatic rings. The number of aromatic nitrogens is 2. The Bertz CT molecular complexity index is 1320. The minimum absolute atomic E-state index is 0.120. The molecule has 1 amide bonds. The molecule has 9 nitrogen and oxygen atoms in total. The van der Waals surface area contributed by atoms with Gasteiger partial charge >= 0.3 is 0 Å². The molecule has 1 aliphatic rings. The number of phenolic OH excluding ortho intramolecular Hbond substituents is 1. The van der Waals surface area contributed by atoms with Gasteiger partial charge in [0.15, 0.2) is 0 Å². The van der Waals surface area contributed by atoms with E-state index in [1.165, 1.54) is 22.5 Å². The molecule has 180 valence electrons. The third-order valence-corrected chi connectivity index (χ3v) is 7.70. The van der Waals surface area contributed by atoms with Crippen LogP contribution in [0.4, 0.5) is 4.39 Å². The molecular weight excluding hydrogens is 463 g/mol. The van der Waals surface area contributed by atoms with E-state index in [1.54, 1.807) is 36.9 Å². The summed E-state index contributed by atoms with van der Waals surface area (Å²) in [5, 5.41) is 13.9. The van der Waals surface area contributed by atoms with Crippen molar-refractivity contribution in [1.82, 2.24) is 19.3 Å². The number of aromatic hydroxyl groups is 1. The number of hydrogen-bond acceptors (Lipinski definition) is 7. The summed E-state index contributed by atoms with van der Waals surface area (Å²) in [5.74, 6) is -0.300. The number of benzene rings is 2. The van der Waals surface area contributed by atoms with Crippen LogP contribution in [-0.2, 0) is 21.2 Å². The van der Waals surface area contributed by atoms with Gasteiger partial charge in [-0.25, -0.2) is 12.8 Å². The van der Waals surface area contributed by atoms with Gasteiger partial charge in [-0.05, 0) is 43.2 Å². The quantitative estimate of drug-likeness (QED) is 0.567. The summed E-state index contributed by atoms with van der Waals surface area (Å²) in [6, 6.07) is 9.09. The van der Waals surface area contributed by atoms with Gasteiger partial charge in [-0.1, -0.05) is 23.4 Å². The van der Waals surface area contributed by atoms with Gasteiger partial charge in [0.05, 0.1) is 0 Å². The Labute approximate surface area is 196 Å². The first kappa shape index (κ1) is 23.8. The van der Waals surface area contributed by atoms with Gasteiger partial charge in [-0.15, -0.1) is 0 Å². The standard InChI is InChI=1S/C23H25FN4O5S/c1-15-3-6-19(29)20(13-15)34(31,32)28-11-9-27(10-12-28)22(30)8-7-21-25-23(26-33-21)17-5-4-16(2)18(24)14-17/h3-6,13-14,29H,7-12H2,1-2H3. The van der Waals surface area contributed by atoms with Crippen molar-refractivity contribution in [3.05, 3.63) is 59.2 Å². The minimum Gasteiger partial charge on any atom is -0.507 e. The van der Waals surface area contributed by atoms with E-state index in [0.29, 0.717) is 11.1 Å². The molecule has 0 unspecified atom stereocenters. The highest BCUT2D eigenvalue weighted by atomic mass is 32.2. The van der Waals surface area contributed by atoms with E-state index in [9.17, 15) is 22.7 Å².